The van der Waals surface area contributed by atoms with Crippen molar-refractivity contribution in [3.05, 3.63) is 36.7 Å². The van der Waals surface area contributed by atoms with Crippen LogP contribution < -0.4 is 11.5 Å². The number of nitrogens with two attached hydrogens (primary N) is 2. The molecule has 5 heterocycles. The van der Waals surface area contributed by atoms with E-state index in [1.807, 2.05) is 0 Å². The summed E-state index contributed by atoms with van der Waals surface area (Å²) in [6.45, 7) is -2.88. The Hall–Kier alpha value is -3.26. The van der Waals surface area contributed by atoms with Gasteiger partial charge in [-0.3, -0.25) is 27.7 Å². The van der Waals surface area contributed by atoms with Gasteiger partial charge in [0.1, 0.15) is 42.9 Å². The lowest BCUT2D eigenvalue weighted by Gasteiger charge is -2.30. The highest BCUT2D eigenvalue weighted by Crippen LogP contribution is 2.61. The molecule has 10 atom stereocenters. The number of nitrogens with zero attached hydrogens (tertiary/aromatic N) is 5. The number of amides is 1. The molecule has 3 aliphatic heterocycles. The molecule has 1 amide bonds. The van der Waals surface area contributed by atoms with E-state index in [2.05, 4.69) is 32.8 Å². The van der Waals surface area contributed by atoms with E-state index in [1.54, 1.807) is 0 Å². The van der Waals surface area contributed by atoms with Gasteiger partial charge in [0.05, 0.1) is 12.9 Å². The number of carbonyl (C=O) groups excluding carboxylic acids is 2. The van der Waals surface area contributed by atoms with Gasteiger partial charge in [-0.15, -0.1) is 0 Å². The number of hydrogen-bond acceptors (Lipinski definition) is 20. The van der Waals surface area contributed by atoms with E-state index < -0.39 is 91.4 Å². The van der Waals surface area contributed by atoms with E-state index in [-0.39, 0.29) is 35.4 Å². The van der Waals surface area contributed by atoms with Crippen LogP contribution in [0.4, 0.5) is 5.82 Å². The van der Waals surface area contributed by atoms with Crippen LogP contribution in [0.1, 0.15) is 12.6 Å². The summed E-state index contributed by atoms with van der Waals surface area (Å²) in [6, 6.07) is 0. The van der Waals surface area contributed by atoms with Crippen LogP contribution in [0.3, 0.4) is 0 Å². The molecule has 5 rings (SSSR count). The van der Waals surface area contributed by atoms with Crippen LogP contribution in [0.2, 0.25) is 0 Å². The van der Waals surface area contributed by atoms with Crippen molar-refractivity contribution in [3.63, 3.8) is 0 Å². The number of aromatic nitrogens is 4. The first-order valence-electron chi connectivity index (χ1n) is 14.0. The molecule has 11 N–H and O–H groups in total. The van der Waals surface area contributed by atoms with Gasteiger partial charge in [-0.05, 0) is 6.42 Å². The van der Waals surface area contributed by atoms with Crippen molar-refractivity contribution in [3.8, 4) is 0 Å². The number of aliphatic hydroxyl groups excluding tert-OH is 3. The number of allylic oxidation sites excluding steroid dienone is 1. The van der Waals surface area contributed by atoms with Crippen molar-refractivity contribution < 1.29 is 90.3 Å². The predicted molar refractivity (Wildman–Crippen MR) is 159 cm³/mol. The van der Waals surface area contributed by atoms with E-state index in [0.717, 1.165) is 17.2 Å². The minimum absolute atomic E-state index is 0.0412. The van der Waals surface area contributed by atoms with Gasteiger partial charge in [0.25, 0.3) is 12.3 Å². The number of rotatable bonds is 15. The number of carbonyl (C=O) groups is 2. The molecule has 0 bridgehead atoms. The van der Waals surface area contributed by atoms with Crippen molar-refractivity contribution in [2.24, 2.45) is 5.73 Å². The summed E-state index contributed by atoms with van der Waals surface area (Å²) < 4.78 is 72.2. The summed E-state index contributed by atoms with van der Waals surface area (Å²) in [5.41, 5.74) is 11.0. The fourth-order valence-electron chi connectivity index (χ4n) is 5.15. The summed E-state index contributed by atoms with van der Waals surface area (Å²) in [5, 5.41) is 31.9. The average molecular weight is 789 g/mol. The maximum absolute atomic E-state index is 12.8. The molecular weight excluding hydrogens is 759 g/mol. The van der Waals surface area contributed by atoms with Crippen molar-refractivity contribution in [1.82, 2.24) is 24.4 Å². The zero-order chi connectivity index (χ0) is 37.5. The lowest BCUT2D eigenvalue weighted by molar-refractivity contribution is -0.259. The molecule has 0 aromatic carbocycles. The van der Waals surface area contributed by atoms with Crippen LogP contribution in [0.15, 0.2) is 36.7 Å². The Morgan fingerprint density at radius 2 is 1.76 bits per heavy atom. The Balaban J connectivity index is 1.27. The van der Waals surface area contributed by atoms with Crippen LogP contribution in [0, 0.1) is 0 Å². The van der Waals surface area contributed by atoms with Crippen molar-refractivity contribution in [2.75, 3.05) is 18.9 Å². The van der Waals surface area contributed by atoms with Gasteiger partial charge in [-0.25, -0.2) is 28.6 Å². The fourth-order valence-corrected chi connectivity index (χ4v) is 7.78. The highest BCUT2D eigenvalue weighted by atomic mass is 31.3. The molecule has 0 saturated carbocycles. The lowest BCUT2D eigenvalue weighted by Crippen LogP contribution is -2.49. The molecular formula is C22H30N7O19P3. The van der Waals surface area contributed by atoms with Gasteiger partial charge in [0.15, 0.2) is 30.0 Å². The zero-order valence-electron chi connectivity index (χ0n) is 25.4. The predicted octanol–water partition coefficient (Wildman–Crippen LogP) is -3.07. The van der Waals surface area contributed by atoms with Crippen LogP contribution in [0.5, 0.6) is 0 Å². The molecule has 0 spiro atoms. The van der Waals surface area contributed by atoms with Gasteiger partial charge >= 0.3 is 23.5 Å². The molecule has 2 aromatic heterocycles. The second-order valence-electron chi connectivity index (χ2n) is 10.8. The minimum Gasteiger partial charge on any atom is -0.430 e. The van der Waals surface area contributed by atoms with Gasteiger partial charge < -0.3 is 65.5 Å². The third kappa shape index (κ3) is 8.53. The first-order chi connectivity index (χ1) is 23.8. The molecule has 2 fully saturated rings. The monoisotopic (exact) mass is 789 g/mol. The number of primary amides is 1. The van der Waals surface area contributed by atoms with Gasteiger partial charge in [-0.1, -0.05) is 6.08 Å². The van der Waals surface area contributed by atoms with E-state index in [4.69, 9.17) is 25.7 Å². The highest BCUT2D eigenvalue weighted by Gasteiger charge is 2.61. The molecule has 2 saturated heterocycles. The third-order valence-electron chi connectivity index (χ3n) is 7.44. The Bertz CT molecular complexity index is 1860. The number of anilines is 1. The molecule has 3 aliphatic rings. The molecule has 0 radical (unpaired) electrons. The van der Waals surface area contributed by atoms with Crippen LogP contribution in [0.25, 0.3) is 11.2 Å². The number of ether oxygens (including phenoxy) is 3. The SMILES string of the molecule is NC(=O)C1=CN([C@@H]2O[C@H](COP(=O)(O)OP(=O)(O)OC[C@]3(OC=O)O[C@@H](n4cnc5c(N)ncnc54)[C@H](OP(=O)(O)O)[C@H]3O)[C@@H](O)[C@H]2O)C=CC1. The Morgan fingerprint density at radius 3 is 2.43 bits per heavy atom. The number of nitrogen functional groups attached to an aromatic ring is 1. The van der Waals surface area contributed by atoms with E-state index in [9.17, 15) is 58.2 Å². The number of hydrogen-bond donors (Lipinski definition) is 9. The summed E-state index contributed by atoms with van der Waals surface area (Å²) in [5.74, 6) is -3.83. The van der Waals surface area contributed by atoms with Crippen molar-refractivity contribution >= 4 is 52.8 Å². The first-order valence-corrected chi connectivity index (χ1v) is 18.5. The standard InChI is InChI=1S/C22H30N7O19P3/c23-17-12-19(26-7-25-17)29(8-27-12)21-15(47-49(35,36)37)16(33)22(46-21,42-9-30)6-44-51(40,41)48-50(38,39)43-5-11-13(31)14(32)20(45-11)28-3-1-2-10(4-28)18(24)34/h1,3-4,7-9,11,13-16,20-21,31-33H,2,5-6H2,(H2,24,34)(H,38,39)(H,40,41)(H2,23,25,26)(H2,35,36,37)/t11-,13-,14-,15-,16-,20-,21-,22+/m1/s1. The number of phosphoric ester groups is 3. The second kappa shape index (κ2) is 14.6. The fraction of sp³-hybridized carbons (Fsp3) is 0.500. The summed E-state index contributed by atoms with van der Waals surface area (Å²) >= 11 is 0. The van der Waals surface area contributed by atoms with Crippen molar-refractivity contribution in [2.45, 2.75) is 55.2 Å². The maximum atomic E-state index is 12.8. The molecule has 29 heteroatoms. The largest absolute Gasteiger partial charge is 0.481 e. The maximum Gasteiger partial charge on any atom is 0.481 e. The molecule has 282 valence electrons. The van der Waals surface area contributed by atoms with E-state index >= 15 is 0 Å². The van der Waals surface area contributed by atoms with Crippen LogP contribution in [-0.4, -0.2) is 127 Å². The van der Waals surface area contributed by atoms with E-state index in [1.165, 1.54) is 23.4 Å². The highest BCUT2D eigenvalue weighted by molar-refractivity contribution is 7.61. The lowest BCUT2D eigenvalue weighted by atomic mass is 10.1. The Morgan fingerprint density at radius 1 is 1.06 bits per heavy atom. The second-order valence-corrected chi connectivity index (χ2v) is 15.0. The van der Waals surface area contributed by atoms with Crippen LogP contribution >= 0.6 is 23.5 Å². The Kier molecular flexibility index (Phi) is 11.2. The molecule has 0 aliphatic carbocycles. The summed E-state index contributed by atoms with van der Waals surface area (Å²) in [6.07, 6.45) is -6.42. The van der Waals surface area contributed by atoms with Crippen LogP contribution in [-0.2, 0) is 55.4 Å². The topological polar surface area (TPSA) is 390 Å². The molecule has 51 heavy (non-hydrogen) atoms. The first kappa shape index (κ1) is 39.0. The zero-order valence-corrected chi connectivity index (χ0v) is 28.1. The van der Waals surface area contributed by atoms with E-state index in [0.29, 0.717) is 0 Å². The third-order valence-corrected chi connectivity index (χ3v) is 10.5. The van der Waals surface area contributed by atoms with Crippen molar-refractivity contribution in [1.29, 1.82) is 0 Å². The number of aliphatic hydroxyl groups is 3. The van der Waals surface area contributed by atoms with Gasteiger partial charge in [0, 0.05) is 18.0 Å². The minimum atomic E-state index is -5.78. The molecule has 2 aromatic rings. The summed E-state index contributed by atoms with van der Waals surface area (Å²) in [7, 11) is -16.9. The Labute approximate surface area is 284 Å². The number of imidazole rings is 1. The molecule has 2 unspecified atom stereocenters. The summed E-state index contributed by atoms with van der Waals surface area (Å²) in [4.78, 5) is 75.2. The average Bonchev–Trinajstić information content (AvgIpc) is 3.68. The number of phosphoric acid groups is 3. The number of fused-ring (bicyclic) bond motifs is 1. The van der Waals surface area contributed by atoms with Gasteiger partial charge in [0.2, 0.25) is 5.91 Å². The normalized spacial score (nSPS) is 32.0. The smallest absolute Gasteiger partial charge is 0.430 e. The quantitative estimate of drug-likeness (QED) is 0.0638. The van der Waals surface area contributed by atoms with Gasteiger partial charge in [-0.2, -0.15) is 4.31 Å². The molecule has 26 nitrogen and oxygen atoms in total.